The van der Waals surface area contributed by atoms with Gasteiger partial charge in [-0.25, -0.2) is 0 Å². The zero-order valence-corrected chi connectivity index (χ0v) is 18.2. The average Bonchev–Trinajstić information content (AvgIpc) is 3.37. The molecular formula is C22H15N5O2S2. The molecule has 0 fully saturated rings. The van der Waals surface area contributed by atoms with Crippen molar-refractivity contribution in [3.8, 4) is 0 Å². The summed E-state index contributed by atoms with van der Waals surface area (Å²) in [5.41, 5.74) is 5.41. The highest BCUT2D eigenvalue weighted by Gasteiger charge is 2.42. The van der Waals surface area contributed by atoms with Crippen molar-refractivity contribution >= 4 is 52.3 Å². The highest BCUT2D eigenvalue weighted by atomic mass is 32.1. The van der Waals surface area contributed by atoms with E-state index in [2.05, 4.69) is 14.1 Å². The lowest BCUT2D eigenvalue weighted by Gasteiger charge is -2.30. The molecule has 4 aromatic rings. The fourth-order valence-corrected chi connectivity index (χ4v) is 5.26. The summed E-state index contributed by atoms with van der Waals surface area (Å²) in [6, 6.07) is 13.2. The lowest BCUT2D eigenvalue weighted by molar-refractivity contribution is 0.103. The minimum absolute atomic E-state index is 0.0718. The Morgan fingerprint density at radius 2 is 1.74 bits per heavy atom. The van der Waals surface area contributed by atoms with Gasteiger partial charge in [0.15, 0.2) is 10.6 Å². The Morgan fingerprint density at radius 1 is 1.00 bits per heavy atom. The second-order valence-corrected chi connectivity index (χ2v) is 8.60. The Labute approximate surface area is 185 Å². The van der Waals surface area contributed by atoms with Crippen molar-refractivity contribution in [3.05, 3.63) is 85.4 Å². The molecule has 2 aliphatic rings. The molecule has 0 radical (unpaired) electrons. The molecule has 1 aliphatic carbocycles. The van der Waals surface area contributed by atoms with Gasteiger partial charge >= 0.3 is 0 Å². The van der Waals surface area contributed by atoms with E-state index in [1.165, 1.54) is 4.57 Å². The number of carbonyl (C=O) groups is 1. The van der Waals surface area contributed by atoms with Crippen LogP contribution in [0.25, 0.3) is 16.7 Å². The molecule has 152 valence electrons. The molecule has 0 saturated carbocycles. The number of nitrogens with one attached hydrogen (secondary N) is 1. The van der Waals surface area contributed by atoms with Crippen molar-refractivity contribution in [1.82, 2.24) is 17.9 Å². The van der Waals surface area contributed by atoms with E-state index in [4.69, 9.17) is 12.2 Å². The first-order chi connectivity index (χ1) is 15.0. The van der Waals surface area contributed by atoms with Gasteiger partial charge in [0, 0.05) is 36.7 Å². The van der Waals surface area contributed by atoms with Crippen LogP contribution in [-0.2, 0) is 14.1 Å². The van der Waals surface area contributed by atoms with Crippen molar-refractivity contribution < 1.29 is 4.79 Å². The summed E-state index contributed by atoms with van der Waals surface area (Å²) in [6.45, 7) is 0. The number of benzene rings is 2. The predicted octanol–water partition coefficient (Wildman–Crippen LogP) is 3.62. The largest absolute Gasteiger partial charge is 0.340 e. The molecule has 1 aliphatic heterocycles. The molecule has 31 heavy (non-hydrogen) atoms. The summed E-state index contributed by atoms with van der Waals surface area (Å²) >= 11 is 6.62. The van der Waals surface area contributed by atoms with Gasteiger partial charge in [-0.1, -0.05) is 30.3 Å². The number of nitrogens with zero attached hydrogens (tertiary/aromatic N) is 4. The Bertz CT molecular complexity index is 1610. The van der Waals surface area contributed by atoms with E-state index in [1.807, 2.05) is 49.5 Å². The normalized spacial score (nSPS) is 16.8. The van der Waals surface area contributed by atoms with Crippen LogP contribution in [0.1, 0.15) is 33.0 Å². The van der Waals surface area contributed by atoms with Gasteiger partial charge in [0.1, 0.15) is 16.9 Å². The molecule has 0 bridgehead atoms. The van der Waals surface area contributed by atoms with Gasteiger partial charge in [0.05, 0.1) is 23.0 Å². The Hall–Kier alpha value is -3.43. The number of aromatic nitrogens is 4. The first-order valence-corrected chi connectivity index (χ1v) is 10.8. The van der Waals surface area contributed by atoms with E-state index in [0.717, 1.165) is 39.6 Å². The number of rotatable bonds is 1. The number of Topliss-reactive ketones (excluding diaryl/α,β-unsaturated/α-hetero) is 1. The van der Waals surface area contributed by atoms with Crippen LogP contribution in [0.5, 0.6) is 0 Å². The molecule has 1 unspecified atom stereocenters. The van der Waals surface area contributed by atoms with Gasteiger partial charge in [-0.05, 0) is 29.9 Å². The van der Waals surface area contributed by atoms with Crippen LogP contribution in [-0.4, -0.2) is 23.7 Å². The minimum Gasteiger partial charge on any atom is -0.340 e. The average molecular weight is 446 g/mol. The minimum atomic E-state index is -0.544. The number of ketones is 1. The standard InChI is InChI=1S/C22H15N5O2S2/c1-26-20-17(21(29)27(2)22(26)30)15(10-7-8-13-14(9-10)25-31-24-13)16-18(23-20)11-5-3-4-6-12(11)19(16)28/h3-9,15,23H,1-2H3. The van der Waals surface area contributed by atoms with Crippen LogP contribution in [0, 0.1) is 4.77 Å². The number of anilines is 1. The van der Waals surface area contributed by atoms with E-state index in [0.29, 0.717) is 27.3 Å². The van der Waals surface area contributed by atoms with Gasteiger partial charge in [-0.3, -0.25) is 14.2 Å². The zero-order chi connectivity index (χ0) is 21.4. The van der Waals surface area contributed by atoms with Crippen LogP contribution in [0.3, 0.4) is 0 Å². The third kappa shape index (κ3) is 2.35. The second-order valence-electron chi connectivity index (χ2n) is 7.70. The fourth-order valence-electron chi connectivity index (χ4n) is 4.57. The molecule has 2 aromatic heterocycles. The van der Waals surface area contributed by atoms with Crippen molar-refractivity contribution in [3.63, 3.8) is 0 Å². The molecule has 7 nitrogen and oxygen atoms in total. The van der Waals surface area contributed by atoms with E-state index >= 15 is 0 Å². The van der Waals surface area contributed by atoms with Crippen molar-refractivity contribution in [2.75, 3.05) is 5.32 Å². The molecule has 1 N–H and O–H groups in total. The van der Waals surface area contributed by atoms with Gasteiger partial charge in [0.2, 0.25) is 0 Å². The maximum Gasteiger partial charge on any atom is 0.260 e. The van der Waals surface area contributed by atoms with Crippen molar-refractivity contribution in [2.24, 2.45) is 14.1 Å². The number of hydrogen-bond acceptors (Lipinski definition) is 7. The zero-order valence-electron chi connectivity index (χ0n) is 16.5. The molecule has 0 spiro atoms. The van der Waals surface area contributed by atoms with Crippen LogP contribution >= 0.6 is 23.9 Å². The molecule has 0 amide bonds. The molecule has 3 heterocycles. The van der Waals surface area contributed by atoms with Crippen LogP contribution < -0.4 is 10.9 Å². The van der Waals surface area contributed by atoms with E-state index in [1.54, 1.807) is 11.6 Å². The molecule has 0 saturated heterocycles. The lowest BCUT2D eigenvalue weighted by Crippen LogP contribution is -2.33. The second kappa shape index (κ2) is 6.29. The monoisotopic (exact) mass is 445 g/mol. The molecule has 6 rings (SSSR count). The number of fused-ring (bicyclic) bond motifs is 4. The maximum atomic E-state index is 13.5. The number of carbonyl (C=O) groups excluding carboxylic acids is 1. The quantitative estimate of drug-likeness (QED) is 0.451. The number of allylic oxidation sites excluding steroid dienone is 1. The summed E-state index contributed by atoms with van der Waals surface area (Å²) in [4.78, 5) is 27.0. The van der Waals surface area contributed by atoms with Gasteiger partial charge in [-0.15, -0.1) is 0 Å². The Kier molecular flexibility index (Phi) is 3.72. The van der Waals surface area contributed by atoms with Gasteiger partial charge < -0.3 is 9.88 Å². The summed E-state index contributed by atoms with van der Waals surface area (Å²) < 4.78 is 12.3. The van der Waals surface area contributed by atoms with Crippen LogP contribution in [0.15, 0.2) is 52.8 Å². The van der Waals surface area contributed by atoms with E-state index < -0.39 is 5.92 Å². The SMILES string of the molecule is Cn1c2c(c(=O)n(C)c1=S)C(c1ccc3nsnc3c1)C1=C(N2)c2ccccc2C1=O. The third-order valence-electron chi connectivity index (χ3n) is 6.09. The first-order valence-electron chi connectivity index (χ1n) is 9.64. The molecule has 1 atom stereocenters. The van der Waals surface area contributed by atoms with Crippen LogP contribution in [0.2, 0.25) is 0 Å². The van der Waals surface area contributed by atoms with Gasteiger partial charge in [0.25, 0.3) is 5.56 Å². The highest BCUT2D eigenvalue weighted by molar-refractivity contribution is 7.71. The summed E-state index contributed by atoms with van der Waals surface area (Å²) in [6.07, 6.45) is 0. The smallest absolute Gasteiger partial charge is 0.260 e. The van der Waals surface area contributed by atoms with E-state index in [9.17, 15) is 9.59 Å². The fraction of sp³-hybridized carbons (Fsp3) is 0.136. The maximum absolute atomic E-state index is 13.5. The highest BCUT2D eigenvalue weighted by Crippen LogP contribution is 2.48. The van der Waals surface area contributed by atoms with Crippen LogP contribution in [0.4, 0.5) is 5.82 Å². The molecule has 9 heteroatoms. The third-order valence-corrected chi connectivity index (χ3v) is 7.19. The number of hydrogen-bond donors (Lipinski definition) is 1. The van der Waals surface area contributed by atoms with E-state index in [-0.39, 0.29) is 11.3 Å². The van der Waals surface area contributed by atoms with Crippen molar-refractivity contribution in [2.45, 2.75) is 5.92 Å². The first kappa shape index (κ1) is 18.3. The molecular weight excluding hydrogens is 430 g/mol. The lowest BCUT2D eigenvalue weighted by atomic mass is 9.81. The Morgan fingerprint density at radius 3 is 2.55 bits per heavy atom. The summed E-state index contributed by atoms with van der Waals surface area (Å²) in [7, 11) is 3.48. The topological polar surface area (TPSA) is 81.8 Å². The van der Waals surface area contributed by atoms with Crippen molar-refractivity contribution in [1.29, 1.82) is 0 Å². The molecule has 2 aromatic carbocycles. The summed E-state index contributed by atoms with van der Waals surface area (Å²) in [5, 5.41) is 3.37. The Balaban J connectivity index is 1.73. The predicted molar refractivity (Wildman–Crippen MR) is 122 cm³/mol. The summed E-state index contributed by atoms with van der Waals surface area (Å²) in [5.74, 6) is -0.00647. The van der Waals surface area contributed by atoms with Gasteiger partial charge in [-0.2, -0.15) is 8.75 Å².